The molecule has 1 N–H and O–H groups in total. The molecule has 0 aliphatic carbocycles. The van der Waals surface area contributed by atoms with Gasteiger partial charge in [-0.1, -0.05) is 24.6 Å². The number of hydrogen-bond acceptors (Lipinski definition) is 2. The molecule has 0 heterocycles. The molecule has 17 heavy (non-hydrogen) atoms. The normalized spacial score (nSPS) is 12.2. The van der Waals surface area contributed by atoms with Crippen LogP contribution in [0.3, 0.4) is 0 Å². The number of ether oxygens (including phenoxy) is 1. The van der Waals surface area contributed by atoms with Crippen LogP contribution in [0.1, 0.15) is 30.9 Å². The van der Waals surface area contributed by atoms with Crippen molar-refractivity contribution in [2.24, 2.45) is 5.92 Å². The average Bonchev–Trinajstić information content (AvgIpc) is 2.26. The third-order valence-electron chi connectivity index (χ3n) is 2.90. The Bertz CT molecular complexity index is 385. The van der Waals surface area contributed by atoms with Gasteiger partial charge < -0.3 is 9.84 Å². The van der Waals surface area contributed by atoms with E-state index in [0.29, 0.717) is 19.4 Å². The standard InChI is InChI=1S/C14H20O3/c1-4-12(14(15)16)7-8-17-13-6-5-10(2)9-11(13)3/h5-6,9,12H,4,7-8H2,1-3H3,(H,15,16). The van der Waals surface area contributed by atoms with E-state index in [9.17, 15) is 4.79 Å². The van der Waals surface area contributed by atoms with Crippen LogP contribution in [0.25, 0.3) is 0 Å². The number of benzene rings is 1. The van der Waals surface area contributed by atoms with Crippen LogP contribution in [0.15, 0.2) is 18.2 Å². The lowest BCUT2D eigenvalue weighted by atomic mass is 10.0. The van der Waals surface area contributed by atoms with Crippen LogP contribution in [0, 0.1) is 19.8 Å². The number of hydrogen-bond donors (Lipinski definition) is 1. The number of aryl methyl sites for hydroxylation is 2. The minimum Gasteiger partial charge on any atom is -0.493 e. The molecule has 1 rings (SSSR count). The van der Waals surface area contributed by atoms with E-state index in [2.05, 4.69) is 6.07 Å². The smallest absolute Gasteiger partial charge is 0.306 e. The van der Waals surface area contributed by atoms with Gasteiger partial charge in [0.05, 0.1) is 12.5 Å². The van der Waals surface area contributed by atoms with Gasteiger partial charge in [-0.3, -0.25) is 4.79 Å². The SMILES string of the molecule is CCC(CCOc1ccc(C)cc1C)C(=O)O. The number of carbonyl (C=O) groups is 1. The van der Waals surface area contributed by atoms with E-state index in [1.807, 2.05) is 32.9 Å². The van der Waals surface area contributed by atoms with Gasteiger partial charge in [-0.15, -0.1) is 0 Å². The molecule has 0 bridgehead atoms. The van der Waals surface area contributed by atoms with Crippen LogP contribution in [0.4, 0.5) is 0 Å². The number of carboxylic acid groups (broad SMARTS) is 1. The Labute approximate surface area is 102 Å². The molecule has 0 saturated heterocycles. The van der Waals surface area contributed by atoms with Crippen LogP contribution in [-0.4, -0.2) is 17.7 Å². The molecule has 0 aromatic heterocycles. The minimum absolute atomic E-state index is 0.305. The molecule has 0 fully saturated rings. The Kier molecular flexibility index (Phi) is 5.01. The minimum atomic E-state index is -0.739. The van der Waals surface area contributed by atoms with Crippen LogP contribution in [0.2, 0.25) is 0 Å². The van der Waals surface area contributed by atoms with Crippen LogP contribution < -0.4 is 4.74 Å². The molecule has 0 aliphatic heterocycles. The van der Waals surface area contributed by atoms with Crippen molar-refractivity contribution in [2.75, 3.05) is 6.61 Å². The summed E-state index contributed by atoms with van der Waals surface area (Å²) in [4.78, 5) is 10.8. The lowest BCUT2D eigenvalue weighted by molar-refractivity contribution is -0.142. The van der Waals surface area contributed by atoms with Crippen molar-refractivity contribution in [3.05, 3.63) is 29.3 Å². The van der Waals surface area contributed by atoms with Gasteiger partial charge in [0.15, 0.2) is 0 Å². The van der Waals surface area contributed by atoms with E-state index in [-0.39, 0.29) is 5.92 Å². The van der Waals surface area contributed by atoms with Crippen molar-refractivity contribution < 1.29 is 14.6 Å². The molecule has 0 aliphatic rings. The van der Waals surface area contributed by atoms with Crippen molar-refractivity contribution in [3.8, 4) is 5.75 Å². The highest BCUT2D eigenvalue weighted by Crippen LogP contribution is 2.19. The van der Waals surface area contributed by atoms with E-state index in [1.165, 1.54) is 5.56 Å². The fraction of sp³-hybridized carbons (Fsp3) is 0.500. The molecular formula is C14H20O3. The molecule has 0 saturated carbocycles. The molecule has 1 unspecified atom stereocenters. The summed E-state index contributed by atoms with van der Waals surface area (Å²) in [6, 6.07) is 5.99. The van der Waals surface area contributed by atoms with E-state index < -0.39 is 5.97 Å². The summed E-state index contributed by atoms with van der Waals surface area (Å²) in [5.41, 5.74) is 2.29. The van der Waals surface area contributed by atoms with Crippen molar-refractivity contribution >= 4 is 5.97 Å². The molecule has 1 aromatic carbocycles. The largest absolute Gasteiger partial charge is 0.493 e. The van der Waals surface area contributed by atoms with E-state index in [4.69, 9.17) is 9.84 Å². The first-order valence-corrected chi connectivity index (χ1v) is 5.97. The van der Waals surface area contributed by atoms with Gasteiger partial charge in [-0.2, -0.15) is 0 Å². The first kappa shape index (κ1) is 13.6. The molecule has 0 spiro atoms. The quantitative estimate of drug-likeness (QED) is 0.825. The summed E-state index contributed by atoms with van der Waals surface area (Å²) in [6.07, 6.45) is 1.20. The van der Waals surface area contributed by atoms with E-state index in [1.54, 1.807) is 0 Å². The lowest BCUT2D eigenvalue weighted by Crippen LogP contribution is -2.16. The summed E-state index contributed by atoms with van der Waals surface area (Å²) >= 11 is 0. The topological polar surface area (TPSA) is 46.5 Å². The Morgan fingerprint density at radius 1 is 1.41 bits per heavy atom. The first-order valence-electron chi connectivity index (χ1n) is 5.97. The number of carboxylic acids is 1. The Balaban J connectivity index is 2.48. The maximum absolute atomic E-state index is 10.8. The van der Waals surface area contributed by atoms with Crippen molar-refractivity contribution in [2.45, 2.75) is 33.6 Å². The summed E-state index contributed by atoms with van der Waals surface area (Å²) in [6.45, 7) is 6.37. The van der Waals surface area contributed by atoms with Crippen molar-refractivity contribution in [1.82, 2.24) is 0 Å². The van der Waals surface area contributed by atoms with Crippen LogP contribution in [-0.2, 0) is 4.79 Å². The molecule has 1 aromatic rings. The number of aliphatic carboxylic acids is 1. The van der Waals surface area contributed by atoms with E-state index >= 15 is 0 Å². The second kappa shape index (κ2) is 6.28. The third-order valence-corrected chi connectivity index (χ3v) is 2.90. The highest BCUT2D eigenvalue weighted by molar-refractivity contribution is 5.69. The number of rotatable bonds is 6. The maximum Gasteiger partial charge on any atom is 0.306 e. The second-order valence-corrected chi connectivity index (χ2v) is 4.35. The monoisotopic (exact) mass is 236 g/mol. The van der Waals surface area contributed by atoms with Crippen molar-refractivity contribution in [3.63, 3.8) is 0 Å². The highest BCUT2D eigenvalue weighted by Gasteiger charge is 2.14. The molecule has 3 nitrogen and oxygen atoms in total. The second-order valence-electron chi connectivity index (χ2n) is 4.35. The van der Waals surface area contributed by atoms with Gasteiger partial charge in [-0.05, 0) is 38.3 Å². The zero-order valence-corrected chi connectivity index (χ0v) is 10.7. The maximum atomic E-state index is 10.8. The Morgan fingerprint density at radius 2 is 2.12 bits per heavy atom. The fourth-order valence-electron chi connectivity index (χ4n) is 1.77. The summed E-state index contributed by atoms with van der Waals surface area (Å²) in [5.74, 6) is -0.201. The van der Waals surface area contributed by atoms with Gasteiger partial charge in [0.1, 0.15) is 5.75 Å². The zero-order chi connectivity index (χ0) is 12.8. The average molecular weight is 236 g/mol. The molecule has 94 valence electrons. The van der Waals surface area contributed by atoms with Crippen LogP contribution in [0.5, 0.6) is 5.75 Å². The van der Waals surface area contributed by atoms with Gasteiger partial charge in [0.25, 0.3) is 0 Å². The van der Waals surface area contributed by atoms with Gasteiger partial charge in [0, 0.05) is 0 Å². The zero-order valence-electron chi connectivity index (χ0n) is 10.7. The Hall–Kier alpha value is -1.51. The molecular weight excluding hydrogens is 216 g/mol. The fourth-order valence-corrected chi connectivity index (χ4v) is 1.77. The van der Waals surface area contributed by atoms with Gasteiger partial charge in [-0.25, -0.2) is 0 Å². The molecule has 0 radical (unpaired) electrons. The Morgan fingerprint density at radius 3 is 2.65 bits per heavy atom. The van der Waals surface area contributed by atoms with Crippen LogP contribution >= 0.6 is 0 Å². The lowest BCUT2D eigenvalue weighted by Gasteiger charge is -2.12. The molecule has 0 amide bonds. The summed E-state index contributed by atoms with van der Waals surface area (Å²) in [7, 11) is 0. The van der Waals surface area contributed by atoms with Crippen molar-refractivity contribution in [1.29, 1.82) is 0 Å². The summed E-state index contributed by atoms with van der Waals surface area (Å²) < 4.78 is 5.61. The summed E-state index contributed by atoms with van der Waals surface area (Å²) in [5, 5.41) is 8.91. The van der Waals surface area contributed by atoms with Gasteiger partial charge >= 0.3 is 5.97 Å². The van der Waals surface area contributed by atoms with Gasteiger partial charge in [0.2, 0.25) is 0 Å². The van der Waals surface area contributed by atoms with E-state index in [0.717, 1.165) is 11.3 Å². The predicted octanol–water partition coefficient (Wildman–Crippen LogP) is 3.18. The molecule has 3 heteroatoms. The first-order chi connectivity index (χ1) is 8.04. The molecule has 1 atom stereocenters. The predicted molar refractivity (Wildman–Crippen MR) is 67.4 cm³/mol. The highest BCUT2D eigenvalue weighted by atomic mass is 16.5. The third kappa shape index (κ3) is 4.10.